The van der Waals surface area contributed by atoms with Crippen LogP contribution in [0.5, 0.6) is 5.75 Å². The topological polar surface area (TPSA) is 32.8 Å². The van der Waals surface area contributed by atoms with E-state index in [0.29, 0.717) is 0 Å². The average molecular weight is 401 g/mol. The van der Waals surface area contributed by atoms with Gasteiger partial charge >= 0.3 is 0 Å². The Morgan fingerprint density at radius 1 is 1.18 bits per heavy atom. The zero-order chi connectivity index (χ0) is 20.1. The number of piperidine rings is 1. The summed E-state index contributed by atoms with van der Waals surface area (Å²) in [5.74, 6) is 0.905. The van der Waals surface area contributed by atoms with Gasteiger partial charge in [0.15, 0.2) is 0 Å². The molecule has 1 aliphatic heterocycles. The maximum atomic E-state index is 13.0. The summed E-state index contributed by atoms with van der Waals surface area (Å²) in [4.78, 5) is 17.4. The van der Waals surface area contributed by atoms with E-state index in [4.69, 9.17) is 16.3 Å². The molecule has 0 aliphatic carbocycles. The van der Waals surface area contributed by atoms with Gasteiger partial charge in [-0.05, 0) is 42.7 Å². The number of methoxy groups -OCH3 is 1. The van der Waals surface area contributed by atoms with Crippen LogP contribution in [0.4, 0.5) is 5.69 Å². The fourth-order valence-electron chi connectivity index (χ4n) is 3.74. The molecule has 1 amide bonds. The minimum Gasteiger partial charge on any atom is -0.497 e. The molecule has 0 N–H and O–H groups in total. The number of likely N-dealkylation sites (tertiary alicyclic amines) is 1. The summed E-state index contributed by atoms with van der Waals surface area (Å²) in [7, 11) is 1.66. The van der Waals surface area contributed by atoms with Crippen molar-refractivity contribution in [2.75, 3.05) is 25.1 Å². The number of ether oxygens (including phenoxy) is 1. The lowest BCUT2D eigenvalue weighted by atomic mass is 9.99. The molecule has 5 heteroatoms. The highest BCUT2D eigenvalue weighted by atomic mass is 35.5. The summed E-state index contributed by atoms with van der Waals surface area (Å²) in [6, 6.07) is 16.1. The zero-order valence-electron chi connectivity index (χ0n) is 16.9. The summed E-state index contributed by atoms with van der Waals surface area (Å²) in [5, 5.41) is 0.767. The van der Waals surface area contributed by atoms with Crippen molar-refractivity contribution in [3.63, 3.8) is 0 Å². The number of halogens is 1. The Morgan fingerprint density at radius 2 is 1.86 bits per heavy atom. The summed E-state index contributed by atoms with van der Waals surface area (Å²) in [6.45, 7) is 6.79. The highest BCUT2D eigenvalue weighted by Gasteiger charge is 2.30. The summed E-state index contributed by atoms with van der Waals surface area (Å²) >= 11 is 5.98. The number of carbonyl (C=O) groups is 1. The fraction of sp³-hybridized carbons (Fsp3) is 0.435. The second-order valence-corrected chi connectivity index (χ2v) is 8.13. The SMILES string of the molecule is COc1cccc(N(C(=O)C(C)C)C2CCN(Cc3ccc(Cl)cc3)CC2)c1. The molecular formula is C23H29ClN2O2. The first-order chi connectivity index (χ1) is 13.5. The van der Waals surface area contributed by atoms with E-state index in [1.165, 1.54) is 5.56 Å². The van der Waals surface area contributed by atoms with Crippen molar-refractivity contribution in [2.45, 2.75) is 39.3 Å². The maximum absolute atomic E-state index is 13.0. The average Bonchev–Trinajstić information content (AvgIpc) is 2.71. The molecule has 0 saturated carbocycles. The van der Waals surface area contributed by atoms with Gasteiger partial charge in [-0.25, -0.2) is 0 Å². The molecule has 0 spiro atoms. The second-order valence-electron chi connectivity index (χ2n) is 7.70. The first-order valence-corrected chi connectivity index (χ1v) is 10.3. The first kappa shape index (κ1) is 20.7. The number of carbonyl (C=O) groups excluding carboxylic acids is 1. The lowest BCUT2D eigenvalue weighted by Crippen LogP contribution is -2.48. The number of benzene rings is 2. The molecule has 1 saturated heterocycles. The second kappa shape index (κ2) is 9.44. The molecule has 150 valence electrons. The van der Waals surface area contributed by atoms with E-state index in [-0.39, 0.29) is 17.9 Å². The largest absolute Gasteiger partial charge is 0.497 e. The van der Waals surface area contributed by atoms with Crippen molar-refractivity contribution in [1.82, 2.24) is 4.90 Å². The maximum Gasteiger partial charge on any atom is 0.229 e. The lowest BCUT2D eigenvalue weighted by Gasteiger charge is -2.39. The van der Waals surface area contributed by atoms with Crippen LogP contribution < -0.4 is 9.64 Å². The van der Waals surface area contributed by atoms with Crippen LogP contribution in [0.15, 0.2) is 48.5 Å². The van der Waals surface area contributed by atoms with Gasteiger partial charge in [0, 0.05) is 48.4 Å². The van der Waals surface area contributed by atoms with Crippen LogP contribution in [0.25, 0.3) is 0 Å². The molecule has 0 bridgehead atoms. The third kappa shape index (κ3) is 5.06. The van der Waals surface area contributed by atoms with E-state index in [2.05, 4.69) is 17.0 Å². The van der Waals surface area contributed by atoms with E-state index in [1.807, 2.05) is 55.1 Å². The summed E-state index contributed by atoms with van der Waals surface area (Å²) in [5.41, 5.74) is 2.19. The van der Waals surface area contributed by atoms with Crippen LogP contribution in [0.3, 0.4) is 0 Å². The Balaban J connectivity index is 1.70. The monoisotopic (exact) mass is 400 g/mol. The van der Waals surface area contributed by atoms with Gasteiger partial charge in [0.1, 0.15) is 5.75 Å². The fourth-order valence-corrected chi connectivity index (χ4v) is 3.87. The molecule has 28 heavy (non-hydrogen) atoms. The highest BCUT2D eigenvalue weighted by molar-refractivity contribution is 6.30. The molecule has 2 aromatic carbocycles. The third-order valence-corrected chi connectivity index (χ3v) is 5.56. The highest BCUT2D eigenvalue weighted by Crippen LogP contribution is 2.29. The van der Waals surface area contributed by atoms with E-state index >= 15 is 0 Å². The molecular weight excluding hydrogens is 372 g/mol. The van der Waals surface area contributed by atoms with Crippen molar-refractivity contribution in [3.8, 4) is 5.75 Å². The van der Waals surface area contributed by atoms with Gasteiger partial charge in [0.25, 0.3) is 0 Å². The van der Waals surface area contributed by atoms with E-state index in [1.54, 1.807) is 7.11 Å². The molecule has 1 aliphatic rings. The minimum absolute atomic E-state index is 0.0432. The minimum atomic E-state index is -0.0432. The number of anilines is 1. The van der Waals surface area contributed by atoms with Gasteiger partial charge in [-0.15, -0.1) is 0 Å². The van der Waals surface area contributed by atoms with Gasteiger partial charge in [-0.2, -0.15) is 0 Å². The van der Waals surface area contributed by atoms with E-state index in [0.717, 1.165) is 48.9 Å². The van der Waals surface area contributed by atoms with Crippen LogP contribution in [-0.4, -0.2) is 37.0 Å². The normalized spacial score (nSPS) is 15.6. The van der Waals surface area contributed by atoms with Gasteiger partial charge < -0.3 is 9.64 Å². The van der Waals surface area contributed by atoms with Crippen molar-refractivity contribution in [1.29, 1.82) is 0 Å². The molecule has 3 rings (SSSR count). The van der Waals surface area contributed by atoms with Crippen molar-refractivity contribution < 1.29 is 9.53 Å². The standard InChI is InChI=1S/C23H29ClN2O2/c1-17(2)23(27)26(21-5-4-6-22(15-21)28-3)20-11-13-25(14-12-20)16-18-7-9-19(24)10-8-18/h4-10,15,17,20H,11-14,16H2,1-3H3. The molecule has 0 unspecified atom stereocenters. The predicted molar refractivity (Wildman–Crippen MR) is 115 cm³/mol. The van der Waals surface area contributed by atoms with Gasteiger partial charge in [0.2, 0.25) is 5.91 Å². The predicted octanol–water partition coefficient (Wildman–Crippen LogP) is 5.00. The molecule has 1 heterocycles. The Labute approximate surface area is 173 Å². The zero-order valence-corrected chi connectivity index (χ0v) is 17.7. The summed E-state index contributed by atoms with van der Waals surface area (Å²) < 4.78 is 5.37. The molecule has 0 aromatic heterocycles. The molecule has 1 fully saturated rings. The number of rotatable bonds is 6. The van der Waals surface area contributed by atoms with Gasteiger partial charge in [-0.3, -0.25) is 9.69 Å². The summed E-state index contributed by atoms with van der Waals surface area (Å²) in [6.07, 6.45) is 1.92. The van der Waals surface area contributed by atoms with Crippen LogP contribution in [0.1, 0.15) is 32.3 Å². The van der Waals surface area contributed by atoms with Crippen LogP contribution in [-0.2, 0) is 11.3 Å². The van der Waals surface area contributed by atoms with Crippen molar-refractivity contribution >= 4 is 23.2 Å². The third-order valence-electron chi connectivity index (χ3n) is 5.30. The van der Waals surface area contributed by atoms with Gasteiger partial charge in [-0.1, -0.05) is 43.6 Å². The van der Waals surface area contributed by atoms with Crippen LogP contribution in [0.2, 0.25) is 5.02 Å². The molecule has 0 radical (unpaired) electrons. The first-order valence-electron chi connectivity index (χ1n) is 9.92. The molecule has 2 aromatic rings. The van der Waals surface area contributed by atoms with Crippen molar-refractivity contribution in [3.05, 3.63) is 59.1 Å². The Hall–Kier alpha value is -2.04. The number of hydrogen-bond donors (Lipinski definition) is 0. The number of nitrogens with zero attached hydrogens (tertiary/aromatic N) is 2. The van der Waals surface area contributed by atoms with E-state index < -0.39 is 0 Å². The van der Waals surface area contributed by atoms with Gasteiger partial charge in [0.05, 0.1) is 7.11 Å². The molecule has 0 atom stereocenters. The molecule has 4 nitrogen and oxygen atoms in total. The Bertz CT molecular complexity index is 783. The van der Waals surface area contributed by atoms with Crippen molar-refractivity contribution in [2.24, 2.45) is 5.92 Å². The Kier molecular flexibility index (Phi) is 6.97. The smallest absolute Gasteiger partial charge is 0.229 e. The van der Waals surface area contributed by atoms with Crippen LogP contribution in [0, 0.1) is 5.92 Å². The van der Waals surface area contributed by atoms with E-state index in [9.17, 15) is 4.79 Å². The van der Waals surface area contributed by atoms with Crippen LogP contribution >= 0.6 is 11.6 Å². The number of hydrogen-bond acceptors (Lipinski definition) is 3. The number of amides is 1. The lowest BCUT2D eigenvalue weighted by molar-refractivity contribution is -0.122. The quantitative estimate of drug-likeness (QED) is 0.683. The Morgan fingerprint density at radius 3 is 2.46 bits per heavy atom.